The quantitative estimate of drug-likeness (QED) is 0.473. The summed E-state index contributed by atoms with van der Waals surface area (Å²) in [5.41, 5.74) is 0.671. The molecule has 1 aromatic carbocycles. The van der Waals surface area contributed by atoms with Crippen LogP contribution in [0.4, 0.5) is 0 Å². The minimum Gasteiger partial charge on any atom is -0.463 e. The van der Waals surface area contributed by atoms with Gasteiger partial charge in [-0.05, 0) is 53.8 Å². The summed E-state index contributed by atoms with van der Waals surface area (Å²) in [6.45, 7) is 8.56. The first kappa shape index (κ1) is 13.7. The van der Waals surface area contributed by atoms with Crippen molar-refractivity contribution in [1.29, 1.82) is 0 Å². The third-order valence-corrected chi connectivity index (χ3v) is 5.86. The molecule has 0 amide bonds. The van der Waals surface area contributed by atoms with E-state index in [1.54, 1.807) is 12.1 Å². The van der Waals surface area contributed by atoms with Gasteiger partial charge in [0.25, 0.3) is 0 Å². The van der Waals surface area contributed by atoms with E-state index in [0.717, 1.165) is 3.57 Å². The summed E-state index contributed by atoms with van der Waals surface area (Å²) in [6, 6.07) is 7.44. The summed E-state index contributed by atoms with van der Waals surface area (Å²) < 4.78 is 6.58. The van der Waals surface area contributed by atoms with E-state index in [1.807, 2.05) is 19.1 Å². The molecule has 4 heteroatoms. The SMILES string of the molecule is CC(OC(=O)c1ccc(I)cc1)[Si](C)(C)C. The fourth-order valence-electron chi connectivity index (χ4n) is 0.991. The van der Waals surface area contributed by atoms with Crippen molar-refractivity contribution in [2.45, 2.75) is 32.3 Å². The van der Waals surface area contributed by atoms with Crippen molar-refractivity contribution >= 4 is 36.6 Å². The zero-order valence-corrected chi connectivity index (χ0v) is 13.2. The van der Waals surface area contributed by atoms with Crippen molar-refractivity contribution in [3.8, 4) is 0 Å². The number of carbonyl (C=O) groups is 1. The highest BCUT2D eigenvalue weighted by Gasteiger charge is 2.26. The number of esters is 1. The van der Waals surface area contributed by atoms with Gasteiger partial charge in [0.2, 0.25) is 0 Å². The number of carbonyl (C=O) groups excluding carboxylic acids is 1. The minimum absolute atomic E-state index is 0.0410. The number of benzene rings is 1. The summed E-state index contributed by atoms with van der Waals surface area (Å²) >= 11 is 2.21. The first-order valence-electron chi connectivity index (χ1n) is 5.27. The predicted molar refractivity (Wildman–Crippen MR) is 77.4 cm³/mol. The van der Waals surface area contributed by atoms with Gasteiger partial charge in [0.1, 0.15) is 0 Å². The molecule has 0 saturated carbocycles. The largest absolute Gasteiger partial charge is 0.463 e. The van der Waals surface area contributed by atoms with Gasteiger partial charge in [0.05, 0.1) is 19.4 Å². The molecule has 0 aliphatic rings. The van der Waals surface area contributed by atoms with E-state index in [-0.39, 0.29) is 11.7 Å². The van der Waals surface area contributed by atoms with E-state index in [4.69, 9.17) is 4.74 Å². The highest BCUT2D eigenvalue weighted by molar-refractivity contribution is 14.1. The number of ether oxygens (including phenoxy) is 1. The van der Waals surface area contributed by atoms with Gasteiger partial charge in [0, 0.05) is 3.57 Å². The molecule has 0 heterocycles. The smallest absolute Gasteiger partial charge is 0.338 e. The maximum Gasteiger partial charge on any atom is 0.338 e. The van der Waals surface area contributed by atoms with Crippen LogP contribution in [0.2, 0.25) is 19.6 Å². The van der Waals surface area contributed by atoms with Crippen molar-refractivity contribution < 1.29 is 9.53 Å². The third kappa shape index (κ3) is 3.90. The fourth-order valence-corrected chi connectivity index (χ4v) is 1.81. The van der Waals surface area contributed by atoms with E-state index in [1.165, 1.54) is 0 Å². The van der Waals surface area contributed by atoms with Gasteiger partial charge < -0.3 is 4.74 Å². The third-order valence-electron chi connectivity index (χ3n) is 2.58. The Morgan fingerprint density at radius 1 is 1.25 bits per heavy atom. The summed E-state index contributed by atoms with van der Waals surface area (Å²) in [6.07, 6.45) is 0. The Hall–Kier alpha value is -0.363. The van der Waals surface area contributed by atoms with Crippen LogP contribution >= 0.6 is 22.6 Å². The van der Waals surface area contributed by atoms with Crippen LogP contribution in [0.5, 0.6) is 0 Å². The number of hydrogen-bond acceptors (Lipinski definition) is 2. The molecule has 0 bridgehead atoms. The Bertz CT molecular complexity index is 368. The van der Waals surface area contributed by atoms with E-state index in [0.29, 0.717) is 5.56 Å². The molecule has 1 rings (SSSR count). The fraction of sp³-hybridized carbons (Fsp3) is 0.417. The summed E-state index contributed by atoms with van der Waals surface area (Å²) in [5, 5.41) is 0. The van der Waals surface area contributed by atoms with Crippen LogP contribution in [0.15, 0.2) is 24.3 Å². The first-order valence-corrected chi connectivity index (χ1v) is 9.93. The number of hydrogen-bond donors (Lipinski definition) is 0. The van der Waals surface area contributed by atoms with Crippen LogP contribution in [-0.4, -0.2) is 19.8 Å². The summed E-state index contributed by atoms with van der Waals surface area (Å²) in [5.74, 6) is -0.216. The monoisotopic (exact) mass is 348 g/mol. The number of rotatable bonds is 3. The summed E-state index contributed by atoms with van der Waals surface area (Å²) in [7, 11) is -1.41. The molecule has 2 nitrogen and oxygen atoms in total. The lowest BCUT2D eigenvalue weighted by Crippen LogP contribution is -2.39. The van der Waals surface area contributed by atoms with E-state index in [9.17, 15) is 4.79 Å². The Labute approximate surface area is 112 Å². The molecular weight excluding hydrogens is 331 g/mol. The molecule has 1 atom stereocenters. The molecular formula is C12H17IO2Si. The number of halogens is 1. The lowest BCUT2D eigenvalue weighted by Gasteiger charge is -2.24. The second kappa shape index (κ2) is 5.31. The van der Waals surface area contributed by atoms with Crippen LogP contribution in [0.1, 0.15) is 17.3 Å². The Kier molecular flexibility index (Phi) is 4.55. The van der Waals surface area contributed by atoms with E-state index < -0.39 is 8.07 Å². The van der Waals surface area contributed by atoms with Crippen LogP contribution < -0.4 is 0 Å². The molecule has 0 aliphatic heterocycles. The summed E-state index contributed by atoms with van der Waals surface area (Å²) in [4.78, 5) is 11.8. The Morgan fingerprint density at radius 3 is 2.19 bits per heavy atom. The van der Waals surface area contributed by atoms with Crippen molar-refractivity contribution in [3.05, 3.63) is 33.4 Å². The van der Waals surface area contributed by atoms with Gasteiger partial charge in [-0.1, -0.05) is 19.6 Å². The molecule has 0 N–H and O–H groups in total. The predicted octanol–water partition coefficient (Wildman–Crippen LogP) is 3.71. The molecule has 0 saturated heterocycles. The highest BCUT2D eigenvalue weighted by Crippen LogP contribution is 2.14. The zero-order chi connectivity index (χ0) is 12.3. The van der Waals surface area contributed by atoms with Gasteiger partial charge in [-0.3, -0.25) is 0 Å². The molecule has 0 fully saturated rings. The van der Waals surface area contributed by atoms with Crippen LogP contribution in [-0.2, 0) is 4.74 Å². The average Bonchev–Trinajstić information content (AvgIpc) is 2.17. The van der Waals surface area contributed by atoms with Gasteiger partial charge in [-0.25, -0.2) is 4.79 Å². The molecule has 0 aliphatic carbocycles. The van der Waals surface area contributed by atoms with E-state index in [2.05, 4.69) is 42.2 Å². The molecule has 1 unspecified atom stereocenters. The second-order valence-corrected chi connectivity index (χ2v) is 11.7. The lowest BCUT2D eigenvalue weighted by atomic mass is 10.2. The maximum absolute atomic E-state index is 11.8. The molecule has 1 aromatic rings. The standard InChI is InChI=1S/C12H17IO2Si/c1-9(16(2,3)4)15-12(14)10-5-7-11(13)8-6-10/h5-9H,1-4H3. The minimum atomic E-state index is -1.41. The molecule has 0 aromatic heterocycles. The molecule has 0 spiro atoms. The Balaban J connectivity index is 2.70. The maximum atomic E-state index is 11.8. The van der Waals surface area contributed by atoms with Gasteiger partial charge in [-0.2, -0.15) is 0 Å². The molecule has 0 radical (unpaired) electrons. The van der Waals surface area contributed by atoms with Crippen LogP contribution in [0.3, 0.4) is 0 Å². The lowest BCUT2D eigenvalue weighted by molar-refractivity contribution is 0.0455. The van der Waals surface area contributed by atoms with Crippen LogP contribution in [0, 0.1) is 3.57 Å². The van der Waals surface area contributed by atoms with Crippen molar-refractivity contribution in [1.82, 2.24) is 0 Å². The highest BCUT2D eigenvalue weighted by atomic mass is 127. The normalized spacial score (nSPS) is 13.3. The van der Waals surface area contributed by atoms with Gasteiger partial charge >= 0.3 is 5.97 Å². The van der Waals surface area contributed by atoms with E-state index >= 15 is 0 Å². The second-order valence-electron chi connectivity index (χ2n) is 4.92. The molecule has 88 valence electrons. The van der Waals surface area contributed by atoms with Crippen molar-refractivity contribution in [2.75, 3.05) is 0 Å². The first-order chi connectivity index (χ1) is 7.30. The van der Waals surface area contributed by atoms with Crippen LogP contribution in [0.25, 0.3) is 0 Å². The van der Waals surface area contributed by atoms with Crippen molar-refractivity contribution in [2.24, 2.45) is 0 Å². The molecule has 16 heavy (non-hydrogen) atoms. The van der Waals surface area contributed by atoms with Gasteiger partial charge in [-0.15, -0.1) is 0 Å². The Morgan fingerprint density at radius 2 is 1.75 bits per heavy atom. The zero-order valence-electron chi connectivity index (χ0n) is 10.1. The average molecular weight is 348 g/mol. The topological polar surface area (TPSA) is 26.3 Å². The van der Waals surface area contributed by atoms with Gasteiger partial charge in [0.15, 0.2) is 0 Å². The van der Waals surface area contributed by atoms with Crippen molar-refractivity contribution in [3.63, 3.8) is 0 Å².